The van der Waals surface area contributed by atoms with Crippen molar-refractivity contribution in [2.75, 3.05) is 61.5 Å². The summed E-state index contributed by atoms with van der Waals surface area (Å²) in [6, 6.07) is 9.41. The van der Waals surface area contributed by atoms with Crippen molar-refractivity contribution in [1.82, 2.24) is 9.80 Å². The number of benzene rings is 2. The molecule has 10 nitrogen and oxygen atoms in total. The summed E-state index contributed by atoms with van der Waals surface area (Å²) in [5.74, 6) is 0.637. The molecule has 2 heterocycles. The standard InChI is InChI=1S/C31H43N5O5S/c1-31(2,3)23-17-24(28(41-5)25(18-23)33-42(6,39)40)32-29(37)26-16-21-8-7-9-22(27(21)34(26)4)19-35-12-14-36(15-13-35)30(38)20-10-11-20/h7-9,17-18,20,26,33H,10-16,19H2,1-6H3,(H,32,37). The van der Waals surface area contributed by atoms with Crippen molar-refractivity contribution < 1.29 is 22.7 Å². The Morgan fingerprint density at radius 3 is 2.31 bits per heavy atom. The number of fused-ring (bicyclic) bond motifs is 1. The Morgan fingerprint density at radius 2 is 1.71 bits per heavy atom. The van der Waals surface area contributed by atoms with Crippen LogP contribution in [0, 0.1) is 5.92 Å². The van der Waals surface area contributed by atoms with Crippen LogP contribution in [0.4, 0.5) is 17.1 Å². The van der Waals surface area contributed by atoms with Crippen LogP contribution < -0.4 is 19.7 Å². The Labute approximate surface area is 249 Å². The fourth-order valence-electron chi connectivity index (χ4n) is 5.98. The molecular formula is C31H43N5O5S. The van der Waals surface area contributed by atoms with Crippen LogP contribution in [0.25, 0.3) is 0 Å². The lowest BCUT2D eigenvalue weighted by atomic mass is 9.86. The highest BCUT2D eigenvalue weighted by atomic mass is 32.2. The van der Waals surface area contributed by atoms with E-state index in [1.165, 1.54) is 12.7 Å². The van der Waals surface area contributed by atoms with Gasteiger partial charge in [0.25, 0.3) is 0 Å². The zero-order valence-corrected chi connectivity index (χ0v) is 26.3. The van der Waals surface area contributed by atoms with Crippen LogP contribution in [0.5, 0.6) is 5.75 Å². The number of sulfonamides is 1. The van der Waals surface area contributed by atoms with E-state index < -0.39 is 16.1 Å². The molecule has 2 aliphatic heterocycles. The summed E-state index contributed by atoms with van der Waals surface area (Å²) in [5, 5.41) is 3.05. The van der Waals surface area contributed by atoms with Crippen molar-refractivity contribution in [3.8, 4) is 5.75 Å². The van der Waals surface area contributed by atoms with Gasteiger partial charge in [-0.3, -0.25) is 19.2 Å². The van der Waals surface area contributed by atoms with E-state index in [0.717, 1.165) is 68.6 Å². The summed E-state index contributed by atoms with van der Waals surface area (Å²) in [6.45, 7) is 10.0. The number of hydrogen-bond acceptors (Lipinski definition) is 7. The molecule has 1 atom stereocenters. The lowest BCUT2D eigenvalue weighted by Gasteiger charge is -2.35. The number of rotatable bonds is 8. The minimum absolute atomic E-state index is 0.193. The lowest BCUT2D eigenvalue weighted by molar-refractivity contribution is -0.134. The highest BCUT2D eigenvalue weighted by molar-refractivity contribution is 7.92. The molecule has 42 heavy (non-hydrogen) atoms. The van der Waals surface area contributed by atoms with Crippen molar-refractivity contribution in [3.63, 3.8) is 0 Å². The second-order valence-corrected chi connectivity index (χ2v) is 14.6. The molecule has 2 fully saturated rings. The molecule has 1 saturated heterocycles. The zero-order chi connectivity index (χ0) is 30.4. The number of hydrogen-bond donors (Lipinski definition) is 2. The van der Waals surface area contributed by atoms with Crippen LogP contribution in [-0.4, -0.2) is 82.7 Å². The fraction of sp³-hybridized carbons (Fsp3) is 0.548. The Hall–Kier alpha value is -3.31. The third-order valence-corrected chi connectivity index (χ3v) is 9.05. The van der Waals surface area contributed by atoms with Crippen LogP contribution in [0.15, 0.2) is 30.3 Å². The molecule has 1 saturated carbocycles. The van der Waals surface area contributed by atoms with Gasteiger partial charge < -0.3 is 19.9 Å². The van der Waals surface area contributed by atoms with E-state index in [2.05, 4.69) is 27.1 Å². The van der Waals surface area contributed by atoms with E-state index in [4.69, 9.17) is 4.74 Å². The lowest BCUT2D eigenvalue weighted by Crippen LogP contribution is -2.48. The quantitative estimate of drug-likeness (QED) is 0.480. The monoisotopic (exact) mass is 597 g/mol. The van der Waals surface area contributed by atoms with Gasteiger partial charge in [0.2, 0.25) is 21.8 Å². The average molecular weight is 598 g/mol. The molecule has 2 amide bonds. The summed E-state index contributed by atoms with van der Waals surface area (Å²) in [7, 11) is -0.169. The fourth-order valence-corrected chi connectivity index (χ4v) is 6.53. The summed E-state index contributed by atoms with van der Waals surface area (Å²) in [4.78, 5) is 32.7. The second kappa shape index (κ2) is 11.4. The van der Waals surface area contributed by atoms with Gasteiger partial charge in [0.15, 0.2) is 5.75 Å². The molecule has 2 aromatic carbocycles. The number of likely N-dealkylation sites (N-methyl/N-ethyl adjacent to an activating group) is 1. The second-order valence-electron chi connectivity index (χ2n) is 12.8. The summed E-state index contributed by atoms with van der Waals surface area (Å²) < 4.78 is 32.4. The van der Waals surface area contributed by atoms with E-state index in [1.807, 2.05) is 49.8 Å². The van der Waals surface area contributed by atoms with Crippen molar-refractivity contribution in [3.05, 3.63) is 47.0 Å². The van der Waals surface area contributed by atoms with Gasteiger partial charge in [-0.05, 0) is 47.1 Å². The highest BCUT2D eigenvalue weighted by Crippen LogP contribution is 2.41. The number of anilines is 3. The predicted molar refractivity (Wildman–Crippen MR) is 166 cm³/mol. The normalized spacial score (nSPS) is 19.4. The molecular weight excluding hydrogens is 554 g/mol. The van der Waals surface area contributed by atoms with Crippen LogP contribution in [-0.2, 0) is 38.0 Å². The van der Waals surface area contributed by atoms with E-state index >= 15 is 0 Å². The first-order chi connectivity index (χ1) is 19.7. The van der Waals surface area contributed by atoms with Gasteiger partial charge in [-0.15, -0.1) is 0 Å². The first kappa shape index (κ1) is 30.2. The molecule has 3 aliphatic rings. The predicted octanol–water partition coefficient (Wildman–Crippen LogP) is 3.42. The van der Waals surface area contributed by atoms with Gasteiger partial charge in [-0.25, -0.2) is 8.42 Å². The molecule has 5 rings (SSSR count). The zero-order valence-electron chi connectivity index (χ0n) is 25.5. The van der Waals surface area contributed by atoms with Crippen LogP contribution in [0.1, 0.15) is 50.3 Å². The number of piperazine rings is 1. The smallest absolute Gasteiger partial charge is 0.247 e. The molecule has 2 aromatic rings. The largest absolute Gasteiger partial charge is 0.492 e. The van der Waals surface area contributed by atoms with Crippen molar-refractivity contribution >= 4 is 38.9 Å². The van der Waals surface area contributed by atoms with Crippen LogP contribution in [0.2, 0.25) is 0 Å². The molecule has 0 spiro atoms. The molecule has 2 N–H and O–H groups in total. The maximum Gasteiger partial charge on any atom is 0.247 e. The topological polar surface area (TPSA) is 111 Å². The summed E-state index contributed by atoms with van der Waals surface area (Å²) >= 11 is 0. The molecule has 1 aliphatic carbocycles. The minimum Gasteiger partial charge on any atom is -0.492 e. The minimum atomic E-state index is -3.58. The Kier molecular flexibility index (Phi) is 8.19. The Morgan fingerprint density at radius 1 is 1.05 bits per heavy atom. The number of nitrogens with one attached hydrogen (secondary N) is 2. The molecule has 11 heteroatoms. The van der Waals surface area contributed by atoms with Crippen molar-refractivity contribution in [2.45, 2.75) is 58.0 Å². The van der Waals surface area contributed by atoms with Crippen LogP contribution in [0.3, 0.4) is 0 Å². The van der Waals surface area contributed by atoms with E-state index in [0.29, 0.717) is 18.0 Å². The number of nitrogens with zero attached hydrogens (tertiary/aromatic N) is 3. The summed E-state index contributed by atoms with van der Waals surface area (Å²) in [5.41, 5.74) is 4.62. The van der Waals surface area contributed by atoms with Gasteiger partial charge in [0.1, 0.15) is 6.04 Å². The number of amides is 2. The first-order valence-corrected chi connectivity index (χ1v) is 16.5. The Bertz CT molecular complexity index is 1470. The maximum atomic E-state index is 13.8. The Balaban J connectivity index is 1.33. The average Bonchev–Trinajstić information content (AvgIpc) is 3.70. The van der Waals surface area contributed by atoms with Gasteiger partial charge >= 0.3 is 0 Å². The number of carbonyl (C=O) groups is 2. The maximum absolute atomic E-state index is 13.8. The van der Waals surface area contributed by atoms with Gasteiger partial charge in [0.05, 0.1) is 24.7 Å². The SMILES string of the molecule is COc1c(NC(=O)C2Cc3cccc(CN4CCN(C(=O)C5CC5)CC4)c3N2C)cc(C(C)(C)C)cc1NS(C)(=O)=O. The van der Waals surface area contributed by atoms with Gasteiger partial charge in [-0.1, -0.05) is 39.0 Å². The first-order valence-electron chi connectivity index (χ1n) is 14.6. The van der Waals surface area contributed by atoms with Gasteiger partial charge in [0, 0.05) is 57.8 Å². The molecule has 0 radical (unpaired) electrons. The van der Waals surface area contributed by atoms with Gasteiger partial charge in [-0.2, -0.15) is 0 Å². The van der Waals surface area contributed by atoms with Crippen molar-refractivity contribution in [1.29, 1.82) is 0 Å². The van der Waals surface area contributed by atoms with E-state index in [-0.39, 0.29) is 28.7 Å². The summed E-state index contributed by atoms with van der Waals surface area (Å²) in [6.07, 6.45) is 3.71. The van der Waals surface area contributed by atoms with E-state index in [9.17, 15) is 18.0 Å². The van der Waals surface area contributed by atoms with E-state index in [1.54, 1.807) is 6.07 Å². The molecule has 0 bridgehead atoms. The number of methoxy groups -OCH3 is 1. The third-order valence-electron chi connectivity index (χ3n) is 8.46. The highest BCUT2D eigenvalue weighted by Gasteiger charge is 2.36. The number of para-hydroxylation sites is 1. The third kappa shape index (κ3) is 6.52. The number of ether oxygens (including phenoxy) is 1. The van der Waals surface area contributed by atoms with Crippen molar-refractivity contribution in [2.24, 2.45) is 5.92 Å². The molecule has 1 unspecified atom stereocenters. The molecule has 228 valence electrons. The molecule has 0 aromatic heterocycles. The number of carbonyl (C=O) groups excluding carboxylic acids is 2. The van der Waals surface area contributed by atoms with Crippen LogP contribution >= 0.6 is 0 Å².